The van der Waals surface area contributed by atoms with Crippen molar-refractivity contribution in [3.8, 4) is 0 Å². The summed E-state index contributed by atoms with van der Waals surface area (Å²) >= 11 is 0. The van der Waals surface area contributed by atoms with E-state index in [-0.39, 0.29) is 11.3 Å². The highest BCUT2D eigenvalue weighted by Crippen LogP contribution is 2.08. The maximum absolute atomic E-state index is 11.4. The van der Waals surface area contributed by atoms with E-state index >= 15 is 0 Å². The smallest absolute Gasteiger partial charge is 0.212 e. The van der Waals surface area contributed by atoms with E-state index in [0.717, 1.165) is 0 Å². The molecule has 0 spiro atoms. The van der Waals surface area contributed by atoms with Gasteiger partial charge in [0.1, 0.15) is 0 Å². The van der Waals surface area contributed by atoms with Crippen LogP contribution in [0.25, 0.3) is 0 Å². The molecule has 68 valence electrons. The predicted octanol–water partition coefficient (Wildman–Crippen LogP) is 1.06. The largest absolute Gasteiger partial charge is 0.216 e. The van der Waals surface area contributed by atoms with Crippen molar-refractivity contribution in [1.29, 1.82) is 0 Å². The van der Waals surface area contributed by atoms with Gasteiger partial charge >= 0.3 is 0 Å². The Kier molecular flexibility index (Phi) is 3.51. The second-order valence-electron chi connectivity index (χ2n) is 3.20. The first kappa shape index (κ1) is 10.9. The molecule has 0 amide bonds. The third-order valence-electron chi connectivity index (χ3n) is 1.72. The van der Waals surface area contributed by atoms with Gasteiger partial charge in [0.25, 0.3) is 0 Å². The van der Waals surface area contributed by atoms with Gasteiger partial charge in [-0.15, -0.1) is 0 Å². The van der Waals surface area contributed by atoms with Crippen molar-refractivity contribution in [3.63, 3.8) is 0 Å². The summed E-state index contributed by atoms with van der Waals surface area (Å²) in [7, 11) is -1.43. The highest BCUT2D eigenvalue weighted by molar-refractivity contribution is 7.89. The molecule has 0 radical (unpaired) electrons. The van der Waals surface area contributed by atoms with Crippen LogP contribution in [-0.2, 0) is 10.0 Å². The monoisotopic (exact) mass is 179 g/mol. The van der Waals surface area contributed by atoms with Crippen LogP contribution in [0.3, 0.4) is 0 Å². The Hall–Kier alpha value is -0.0900. The Bertz CT molecular complexity index is 206. The lowest BCUT2D eigenvalue weighted by molar-refractivity contribution is 0.406. The van der Waals surface area contributed by atoms with Gasteiger partial charge in [0.2, 0.25) is 10.0 Å². The molecule has 0 heterocycles. The van der Waals surface area contributed by atoms with Crippen molar-refractivity contribution in [1.82, 2.24) is 4.31 Å². The maximum Gasteiger partial charge on any atom is 0.216 e. The molecule has 11 heavy (non-hydrogen) atoms. The van der Waals surface area contributed by atoms with Crippen molar-refractivity contribution < 1.29 is 8.42 Å². The zero-order valence-corrected chi connectivity index (χ0v) is 8.64. The van der Waals surface area contributed by atoms with Gasteiger partial charge in [-0.05, 0) is 27.7 Å². The Balaban J connectivity index is 4.58. The molecule has 0 aliphatic carbocycles. The number of nitrogens with zero attached hydrogens (tertiary/aromatic N) is 1. The van der Waals surface area contributed by atoms with Gasteiger partial charge in [-0.25, -0.2) is 12.7 Å². The van der Waals surface area contributed by atoms with Crippen LogP contribution in [-0.4, -0.2) is 31.1 Å². The minimum absolute atomic E-state index is 0.0439. The molecule has 0 saturated carbocycles. The van der Waals surface area contributed by atoms with E-state index in [1.807, 2.05) is 13.8 Å². The summed E-state index contributed by atoms with van der Waals surface area (Å²) in [4.78, 5) is 0. The lowest BCUT2D eigenvalue weighted by Crippen LogP contribution is -2.37. The summed E-state index contributed by atoms with van der Waals surface area (Å²) in [6.07, 6.45) is 0. The quantitative estimate of drug-likeness (QED) is 0.649. The topological polar surface area (TPSA) is 37.4 Å². The van der Waals surface area contributed by atoms with Crippen LogP contribution in [0.4, 0.5) is 0 Å². The molecular weight excluding hydrogens is 162 g/mol. The lowest BCUT2D eigenvalue weighted by atomic mass is 10.4. The molecule has 0 saturated heterocycles. The second-order valence-corrected chi connectivity index (χ2v) is 5.75. The molecule has 0 atom stereocenters. The number of sulfonamides is 1. The van der Waals surface area contributed by atoms with E-state index in [4.69, 9.17) is 0 Å². The van der Waals surface area contributed by atoms with Crippen molar-refractivity contribution >= 4 is 10.0 Å². The Morgan fingerprint density at radius 2 is 1.45 bits per heavy atom. The molecule has 0 aromatic rings. The third-order valence-corrected chi connectivity index (χ3v) is 4.14. The Morgan fingerprint density at radius 1 is 1.09 bits per heavy atom. The Labute approximate surface area is 69.4 Å². The number of rotatable bonds is 3. The first-order chi connectivity index (χ1) is 4.80. The molecule has 0 aliphatic rings. The summed E-state index contributed by atoms with van der Waals surface area (Å²) in [5.74, 6) is 0. The van der Waals surface area contributed by atoms with Crippen LogP contribution >= 0.6 is 0 Å². The van der Waals surface area contributed by atoms with Crippen LogP contribution in [0.1, 0.15) is 27.7 Å². The molecule has 0 fully saturated rings. The lowest BCUT2D eigenvalue weighted by Gasteiger charge is -2.22. The summed E-state index contributed by atoms with van der Waals surface area (Å²) in [6.45, 7) is 7.10. The van der Waals surface area contributed by atoms with E-state index < -0.39 is 10.0 Å². The van der Waals surface area contributed by atoms with Gasteiger partial charge in [0, 0.05) is 13.1 Å². The van der Waals surface area contributed by atoms with Gasteiger partial charge in [-0.3, -0.25) is 0 Å². The second kappa shape index (κ2) is 3.54. The van der Waals surface area contributed by atoms with E-state index in [1.54, 1.807) is 20.9 Å². The molecule has 0 aromatic heterocycles. The normalized spacial score (nSPS) is 13.5. The maximum atomic E-state index is 11.4. The number of hydrogen-bond donors (Lipinski definition) is 0. The SMILES string of the molecule is CC(C)N(C)S(=O)(=O)C(C)C. The fourth-order valence-electron chi connectivity index (χ4n) is 0.626. The summed E-state index contributed by atoms with van der Waals surface area (Å²) in [5.41, 5.74) is 0. The van der Waals surface area contributed by atoms with Crippen LogP contribution in [0, 0.1) is 0 Å². The summed E-state index contributed by atoms with van der Waals surface area (Å²) in [5, 5.41) is -0.324. The average Bonchev–Trinajstić information content (AvgIpc) is 1.85. The molecule has 0 unspecified atom stereocenters. The van der Waals surface area contributed by atoms with Crippen LogP contribution in [0.5, 0.6) is 0 Å². The fourth-order valence-corrected chi connectivity index (χ4v) is 1.88. The molecule has 3 nitrogen and oxygen atoms in total. The first-order valence-corrected chi connectivity index (χ1v) is 5.27. The van der Waals surface area contributed by atoms with Crippen LogP contribution in [0.15, 0.2) is 0 Å². The molecule has 0 aliphatic heterocycles. The van der Waals surface area contributed by atoms with Crippen LogP contribution in [0.2, 0.25) is 0 Å². The van der Waals surface area contributed by atoms with E-state index in [2.05, 4.69) is 0 Å². The van der Waals surface area contributed by atoms with Crippen molar-refractivity contribution in [2.24, 2.45) is 0 Å². The van der Waals surface area contributed by atoms with Gasteiger partial charge in [0.05, 0.1) is 5.25 Å². The van der Waals surface area contributed by atoms with Crippen molar-refractivity contribution in [2.45, 2.75) is 39.0 Å². The van der Waals surface area contributed by atoms with Crippen molar-refractivity contribution in [3.05, 3.63) is 0 Å². The predicted molar refractivity (Wildman–Crippen MR) is 47.0 cm³/mol. The van der Waals surface area contributed by atoms with E-state index in [9.17, 15) is 8.42 Å². The molecule has 0 bridgehead atoms. The molecule has 0 aromatic carbocycles. The molecular formula is C7H17NO2S. The highest BCUT2D eigenvalue weighted by Gasteiger charge is 2.23. The first-order valence-electron chi connectivity index (χ1n) is 3.77. The zero-order chi connectivity index (χ0) is 9.23. The van der Waals surface area contributed by atoms with Gasteiger partial charge < -0.3 is 0 Å². The van der Waals surface area contributed by atoms with Crippen LogP contribution < -0.4 is 0 Å². The van der Waals surface area contributed by atoms with Gasteiger partial charge in [-0.2, -0.15) is 0 Å². The minimum Gasteiger partial charge on any atom is -0.212 e. The van der Waals surface area contributed by atoms with E-state index in [1.165, 1.54) is 4.31 Å². The highest BCUT2D eigenvalue weighted by atomic mass is 32.2. The minimum atomic E-state index is -3.04. The zero-order valence-electron chi connectivity index (χ0n) is 7.83. The summed E-state index contributed by atoms with van der Waals surface area (Å²) in [6, 6.07) is 0.0439. The molecule has 4 heteroatoms. The summed E-state index contributed by atoms with van der Waals surface area (Å²) < 4.78 is 24.2. The average molecular weight is 179 g/mol. The number of hydrogen-bond acceptors (Lipinski definition) is 2. The Morgan fingerprint density at radius 3 is 1.55 bits per heavy atom. The van der Waals surface area contributed by atoms with E-state index in [0.29, 0.717) is 0 Å². The molecule has 0 rings (SSSR count). The third kappa shape index (κ3) is 2.45. The standard InChI is InChI=1S/C7H17NO2S/c1-6(2)8(5)11(9,10)7(3)4/h6-7H,1-5H3. The molecule has 0 N–H and O–H groups in total. The van der Waals surface area contributed by atoms with Crippen molar-refractivity contribution in [2.75, 3.05) is 7.05 Å². The van der Waals surface area contributed by atoms with Gasteiger partial charge in [-0.1, -0.05) is 0 Å². The van der Waals surface area contributed by atoms with Gasteiger partial charge in [0.15, 0.2) is 0 Å². The fraction of sp³-hybridized carbons (Fsp3) is 1.00.